The van der Waals surface area contributed by atoms with Crippen molar-refractivity contribution in [3.05, 3.63) is 454 Å². The summed E-state index contributed by atoms with van der Waals surface area (Å²) in [5.74, 6) is 0. The molecule has 36 rings (SSSR count). The summed E-state index contributed by atoms with van der Waals surface area (Å²) in [6.07, 6.45) is 15.3. The lowest BCUT2D eigenvalue weighted by Gasteiger charge is -2.18. The smallest absolute Gasteiger partial charge is 0.148 e. The SMILES string of the molecule is c1ccc2c(c1)Cc1c-2c2c(c3c1c1cccnc1n1c4ccccc4nc31)-c1ccccc1C2.c1ccc2c(c1)Cc1c-2c2c(c3c1c1cccnc1n1c4ccccc4nc31)Cc1ccccc1-2.c1ccc2c(c1)Cc1c-2c2c(c3c4cccnc4n4c5ccccc5nc4c13)-c1ccccc1C2.c1ccc2c(c1)Cc1c3c(c4c(c1-2)c1cccnc1n1c2ccccc2nc41)-c1ccccc1C3. The molecule has 0 unspecified atom stereocenters. The Kier molecular flexibility index (Phi) is 15.0. The van der Waals surface area contributed by atoms with Crippen LogP contribution in [-0.2, 0) is 51.4 Å². The van der Waals surface area contributed by atoms with Gasteiger partial charge in [-0.1, -0.05) is 243 Å². The molecule has 0 spiro atoms. The molecule has 12 nitrogen and oxygen atoms in total. The van der Waals surface area contributed by atoms with Crippen molar-refractivity contribution >= 4 is 154 Å². The maximum Gasteiger partial charge on any atom is 0.148 e. The molecule has 0 saturated heterocycles. The molecule has 8 aliphatic carbocycles. The molecule has 0 saturated carbocycles. The maximum absolute atomic E-state index is 5.25. The first-order chi connectivity index (χ1) is 69.5. The molecular weight excluding hydrogens is 1710 g/mol. The number of fused-ring (bicyclic) bond motifs is 68. The molecule has 0 N–H and O–H groups in total. The molecule has 28 aromatic rings. The second-order valence-corrected chi connectivity index (χ2v) is 39.0. The van der Waals surface area contributed by atoms with E-state index in [-0.39, 0.29) is 0 Å². The van der Waals surface area contributed by atoms with Gasteiger partial charge >= 0.3 is 0 Å². The van der Waals surface area contributed by atoms with Crippen LogP contribution in [0.1, 0.15) is 89.0 Å². The second-order valence-electron chi connectivity index (χ2n) is 39.0. The minimum absolute atomic E-state index is 0.933. The molecule has 0 fully saturated rings. The van der Waals surface area contributed by atoms with E-state index in [9.17, 15) is 0 Å². The van der Waals surface area contributed by atoms with Crippen molar-refractivity contribution in [3.8, 4) is 89.0 Å². The summed E-state index contributed by atoms with van der Waals surface area (Å²) in [5.41, 5.74) is 61.4. The zero-order valence-electron chi connectivity index (χ0n) is 75.7. The van der Waals surface area contributed by atoms with Gasteiger partial charge in [0.05, 0.1) is 44.1 Å². The van der Waals surface area contributed by atoms with E-state index in [2.05, 4.69) is 357 Å². The van der Waals surface area contributed by atoms with E-state index in [1.807, 2.05) is 24.8 Å². The predicted octanol–water partition coefficient (Wildman–Crippen LogP) is 29.3. The topological polar surface area (TPSA) is 121 Å². The van der Waals surface area contributed by atoms with E-state index in [0.29, 0.717) is 0 Å². The van der Waals surface area contributed by atoms with Crippen LogP contribution in [0.15, 0.2) is 365 Å². The molecule has 12 aromatic heterocycles. The van der Waals surface area contributed by atoms with E-state index in [4.69, 9.17) is 39.9 Å². The first-order valence-electron chi connectivity index (χ1n) is 48.8. The van der Waals surface area contributed by atoms with Crippen molar-refractivity contribution in [3.63, 3.8) is 0 Å². The van der Waals surface area contributed by atoms with Gasteiger partial charge in [0.15, 0.2) is 0 Å². The third kappa shape index (κ3) is 9.91. The van der Waals surface area contributed by atoms with Crippen LogP contribution in [0.4, 0.5) is 0 Å². The van der Waals surface area contributed by atoms with E-state index in [1.54, 1.807) is 0 Å². The van der Waals surface area contributed by atoms with Gasteiger partial charge in [0, 0.05) is 89.4 Å². The highest BCUT2D eigenvalue weighted by Crippen LogP contribution is 2.61. The maximum atomic E-state index is 5.25. The number of hydrogen-bond acceptors (Lipinski definition) is 8. The average Bonchev–Trinajstić information content (AvgIpc) is 1.54. The number of hydrogen-bond donors (Lipinski definition) is 0. The molecule has 0 radical (unpaired) electrons. The fourth-order valence-electron chi connectivity index (χ4n) is 27.0. The summed E-state index contributed by atoms with van der Waals surface area (Å²) in [4.78, 5) is 40.6. The first-order valence-corrected chi connectivity index (χ1v) is 48.8. The number of para-hydroxylation sites is 8. The number of imidazole rings is 4. The van der Waals surface area contributed by atoms with Crippen LogP contribution < -0.4 is 0 Å². The van der Waals surface area contributed by atoms with E-state index in [0.717, 1.165) is 141 Å². The highest BCUT2D eigenvalue weighted by atomic mass is 15.1. The van der Waals surface area contributed by atoms with Crippen LogP contribution in [0, 0.1) is 0 Å². The quantitative estimate of drug-likeness (QED) is 0.138. The van der Waals surface area contributed by atoms with Gasteiger partial charge in [0.25, 0.3) is 0 Å². The van der Waals surface area contributed by atoms with Crippen LogP contribution in [0.25, 0.3) is 243 Å². The Labute approximate surface area is 799 Å². The number of benzene rings is 16. The molecular formula is C128H76N12. The summed E-state index contributed by atoms with van der Waals surface area (Å²) >= 11 is 0. The summed E-state index contributed by atoms with van der Waals surface area (Å²) in [6, 6.07) is 122. The fourth-order valence-corrected chi connectivity index (χ4v) is 27.0. The molecule has 0 atom stereocenters. The predicted molar refractivity (Wildman–Crippen MR) is 568 cm³/mol. The number of rotatable bonds is 0. The molecule has 12 heterocycles. The molecule has 16 aromatic carbocycles. The Morgan fingerprint density at radius 1 is 0.150 bits per heavy atom. The van der Waals surface area contributed by atoms with Crippen molar-refractivity contribution in [1.82, 2.24) is 57.5 Å². The van der Waals surface area contributed by atoms with Crippen LogP contribution in [-0.4, -0.2) is 57.5 Å². The van der Waals surface area contributed by atoms with Gasteiger partial charge in [0.1, 0.15) is 45.2 Å². The number of nitrogens with zero attached hydrogens (tertiary/aromatic N) is 12. The molecule has 140 heavy (non-hydrogen) atoms. The largest absolute Gasteiger partial charge is 0.276 e. The normalized spacial score (nSPS) is 13.5. The molecule has 0 bridgehead atoms. The van der Waals surface area contributed by atoms with Gasteiger partial charge in [-0.2, -0.15) is 0 Å². The lowest BCUT2D eigenvalue weighted by atomic mass is 9.88. The lowest BCUT2D eigenvalue weighted by Crippen LogP contribution is -2.00. The van der Waals surface area contributed by atoms with E-state index < -0.39 is 0 Å². The zero-order valence-corrected chi connectivity index (χ0v) is 75.7. The van der Waals surface area contributed by atoms with Crippen molar-refractivity contribution in [2.75, 3.05) is 0 Å². The Morgan fingerprint density at radius 3 is 0.700 bits per heavy atom. The number of aromatic nitrogens is 12. The van der Waals surface area contributed by atoms with Gasteiger partial charge in [-0.3, -0.25) is 17.6 Å². The summed E-state index contributed by atoms with van der Waals surface area (Å²) in [7, 11) is 0. The molecule has 8 aliphatic rings. The van der Waals surface area contributed by atoms with Gasteiger partial charge in [-0.25, -0.2) is 39.9 Å². The zero-order chi connectivity index (χ0) is 90.7. The number of pyridine rings is 8. The molecule has 648 valence electrons. The highest BCUT2D eigenvalue weighted by Gasteiger charge is 2.41. The van der Waals surface area contributed by atoms with Gasteiger partial charge in [0.2, 0.25) is 0 Å². The van der Waals surface area contributed by atoms with E-state index in [1.165, 1.54) is 243 Å². The summed E-state index contributed by atoms with van der Waals surface area (Å²) in [5, 5.41) is 15.2. The van der Waals surface area contributed by atoms with E-state index >= 15 is 0 Å². The standard InChI is InChI=1S/4C32H19N3/c1-3-10-20-18(8-1)17-24-27(20)23-16-19-9-2-4-11-21(19)28(23)29-22-12-7-15-33-31(22)35-26-14-6-5-13-25(26)34-32(35)30(24)29;1-3-10-20-18(8-1)16-24-27(20)23-17-19-9-2-4-11-21(19)28(23)30-29(24)22-12-7-15-33-31(22)35-26-14-6-5-13-25(26)34-32(30)35;1-3-10-20-18(8-1)16-23-27(20)28-21-11-4-2-9-19(21)17-24(28)30-29(23)22-12-7-15-33-31(22)35-26-14-6-5-13-25(26)34-32(30)35;1-3-10-20-18(8-1)16-23-24-17-19-9-2-4-11-21(19)28(24)30-29(27(20)23)22-12-7-15-33-31(22)35-26-14-6-5-13-25(26)34-32(30)35/h4*1-15H,16-17H2. The van der Waals surface area contributed by atoms with Gasteiger partial charge < -0.3 is 0 Å². The average molecular weight is 1780 g/mol. The monoisotopic (exact) mass is 1780 g/mol. The Bertz CT molecular complexity index is 10700. The Hall–Kier alpha value is -18.0. The first kappa shape index (κ1) is 75.3. The minimum Gasteiger partial charge on any atom is -0.276 e. The summed E-state index contributed by atoms with van der Waals surface area (Å²) in [6.45, 7) is 0. The summed E-state index contributed by atoms with van der Waals surface area (Å²) < 4.78 is 9.12. The van der Waals surface area contributed by atoms with Crippen molar-refractivity contribution in [2.45, 2.75) is 51.4 Å². The Morgan fingerprint density at radius 2 is 0.357 bits per heavy atom. The minimum atomic E-state index is 0.933. The van der Waals surface area contributed by atoms with Crippen LogP contribution in [0.5, 0.6) is 0 Å². The van der Waals surface area contributed by atoms with Crippen LogP contribution in [0.2, 0.25) is 0 Å². The molecule has 0 aliphatic heterocycles. The third-order valence-electron chi connectivity index (χ3n) is 32.3. The van der Waals surface area contributed by atoms with Gasteiger partial charge in [-0.05, 0) is 326 Å². The molecule has 0 amide bonds. The second kappa shape index (κ2) is 27.9. The lowest BCUT2D eigenvalue weighted by molar-refractivity contribution is 1.17. The van der Waals surface area contributed by atoms with Crippen LogP contribution >= 0.6 is 0 Å². The highest BCUT2D eigenvalue weighted by molar-refractivity contribution is 6.29. The van der Waals surface area contributed by atoms with Crippen molar-refractivity contribution < 1.29 is 0 Å². The molecule has 12 heteroatoms. The fraction of sp³-hybridized carbons (Fsp3) is 0.0625. The van der Waals surface area contributed by atoms with Crippen molar-refractivity contribution in [1.29, 1.82) is 0 Å². The Balaban J connectivity index is 0.0000000829. The van der Waals surface area contributed by atoms with Gasteiger partial charge in [-0.15, -0.1) is 0 Å². The third-order valence-corrected chi connectivity index (χ3v) is 32.3. The van der Waals surface area contributed by atoms with Crippen LogP contribution in [0.3, 0.4) is 0 Å². The van der Waals surface area contributed by atoms with Crippen molar-refractivity contribution in [2.24, 2.45) is 0 Å².